The van der Waals surface area contributed by atoms with E-state index in [1.54, 1.807) is 10.4 Å². The number of sulfonamides is 1. The first-order valence-electron chi connectivity index (χ1n) is 7.79. The van der Waals surface area contributed by atoms with E-state index in [2.05, 4.69) is 19.2 Å². The summed E-state index contributed by atoms with van der Waals surface area (Å²) in [6.07, 6.45) is 1.72. The number of benzene rings is 1. The molecule has 1 saturated heterocycles. The summed E-state index contributed by atoms with van der Waals surface area (Å²) in [6, 6.07) is 7.46. The fourth-order valence-electron chi connectivity index (χ4n) is 2.77. The minimum Gasteiger partial charge on any atom is -0.315 e. The van der Waals surface area contributed by atoms with E-state index in [0.29, 0.717) is 17.4 Å². The lowest BCUT2D eigenvalue weighted by Crippen LogP contribution is -2.42. The first-order chi connectivity index (χ1) is 9.96. The molecule has 21 heavy (non-hydrogen) atoms. The molecule has 2 rings (SSSR count). The third-order valence-corrected chi connectivity index (χ3v) is 5.96. The van der Waals surface area contributed by atoms with Crippen LogP contribution in [0.3, 0.4) is 0 Å². The lowest BCUT2D eigenvalue weighted by molar-refractivity contribution is 0.335. The predicted molar refractivity (Wildman–Crippen MR) is 86.0 cm³/mol. The van der Waals surface area contributed by atoms with Crippen molar-refractivity contribution in [2.75, 3.05) is 19.6 Å². The van der Waals surface area contributed by atoms with Crippen molar-refractivity contribution in [2.45, 2.75) is 50.5 Å². The average Bonchev–Trinajstić information content (AvgIpc) is 2.98. The Balaban J connectivity index is 2.35. The summed E-state index contributed by atoms with van der Waals surface area (Å²) in [6.45, 7) is 8.42. The molecule has 1 aliphatic rings. The topological polar surface area (TPSA) is 49.4 Å². The smallest absolute Gasteiger partial charge is 0.243 e. The van der Waals surface area contributed by atoms with Gasteiger partial charge in [-0.25, -0.2) is 8.42 Å². The van der Waals surface area contributed by atoms with E-state index < -0.39 is 10.0 Å². The van der Waals surface area contributed by atoms with Crippen LogP contribution in [-0.4, -0.2) is 38.4 Å². The Kier molecular flexibility index (Phi) is 5.41. The molecule has 5 heteroatoms. The van der Waals surface area contributed by atoms with Crippen LogP contribution in [0.15, 0.2) is 29.2 Å². The molecule has 118 valence electrons. The molecule has 1 aromatic carbocycles. The summed E-state index contributed by atoms with van der Waals surface area (Å²) in [5.41, 5.74) is 1.07. The van der Waals surface area contributed by atoms with Gasteiger partial charge in [-0.1, -0.05) is 32.9 Å². The van der Waals surface area contributed by atoms with Crippen molar-refractivity contribution in [3.8, 4) is 0 Å². The SMILES string of the molecule is CCCN(C1CCNC1)S(=O)(=O)c1cccc(C(C)C)c1. The Morgan fingerprint density at radius 1 is 1.38 bits per heavy atom. The van der Waals surface area contributed by atoms with Gasteiger partial charge in [-0.05, 0) is 43.0 Å². The van der Waals surface area contributed by atoms with E-state index in [1.165, 1.54) is 0 Å². The highest BCUT2D eigenvalue weighted by atomic mass is 32.2. The molecule has 0 aliphatic carbocycles. The van der Waals surface area contributed by atoms with Gasteiger partial charge in [-0.15, -0.1) is 0 Å². The van der Waals surface area contributed by atoms with E-state index in [0.717, 1.165) is 31.5 Å². The fraction of sp³-hybridized carbons (Fsp3) is 0.625. The Bertz CT molecular complexity index is 563. The average molecular weight is 310 g/mol. The van der Waals surface area contributed by atoms with Gasteiger partial charge in [-0.3, -0.25) is 0 Å². The molecule has 1 fully saturated rings. The first kappa shape index (κ1) is 16.5. The second-order valence-corrected chi connectivity index (χ2v) is 7.88. The maximum atomic E-state index is 13.0. The van der Waals surface area contributed by atoms with Gasteiger partial charge in [-0.2, -0.15) is 4.31 Å². The summed E-state index contributed by atoms with van der Waals surface area (Å²) in [4.78, 5) is 0.425. The van der Waals surface area contributed by atoms with Gasteiger partial charge in [0, 0.05) is 19.1 Å². The van der Waals surface area contributed by atoms with Crippen molar-refractivity contribution in [3.63, 3.8) is 0 Å². The van der Waals surface area contributed by atoms with Crippen LogP contribution in [0.25, 0.3) is 0 Å². The Morgan fingerprint density at radius 2 is 2.14 bits per heavy atom. The highest BCUT2D eigenvalue weighted by Gasteiger charge is 2.32. The van der Waals surface area contributed by atoms with Gasteiger partial charge in [0.2, 0.25) is 10.0 Å². The van der Waals surface area contributed by atoms with Crippen molar-refractivity contribution < 1.29 is 8.42 Å². The maximum absolute atomic E-state index is 13.0. The minimum atomic E-state index is -3.41. The third kappa shape index (κ3) is 3.65. The monoisotopic (exact) mass is 310 g/mol. The molecule has 0 spiro atoms. The van der Waals surface area contributed by atoms with Gasteiger partial charge < -0.3 is 5.32 Å². The summed E-state index contributed by atoms with van der Waals surface area (Å²) in [5, 5.41) is 3.26. The van der Waals surface area contributed by atoms with Crippen molar-refractivity contribution in [3.05, 3.63) is 29.8 Å². The quantitative estimate of drug-likeness (QED) is 0.878. The van der Waals surface area contributed by atoms with Crippen LogP contribution in [0.4, 0.5) is 0 Å². The molecule has 1 unspecified atom stereocenters. The largest absolute Gasteiger partial charge is 0.315 e. The lowest BCUT2D eigenvalue weighted by atomic mass is 10.0. The fourth-order valence-corrected chi connectivity index (χ4v) is 4.58. The Morgan fingerprint density at radius 3 is 2.71 bits per heavy atom. The summed E-state index contributed by atoms with van der Waals surface area (Å²) in [5.74, 6) is 0.327. The van der Waals surface area contributed by atoms with Crippen LogP contribution in [0, 0.1) is 0 Å². The summed E-state index contributed by atoms with van der Waals surface area (Å²) < 4.78 is 27.7. The number of hydrogen-bond acceptors (Lipinski definition) is 3. The zero-order valence-corrected chi connectivity index (χ0v) is 14.0. The maximum Gasteiger partial charge on any atom is 0.243 e. The Hall–Kier alpha value is -0.910. The normalized spacial score (nSPS) is 19.6. The Labute approximate surface area is 128 Å². The molecule has 0 saturated carbocycles. The number of rotatable bonds is 6. The van der Waals surface area contributed by atoms with E-state index in [1.807, 2.05) is 25.1 Å². The second kappa shape index (κ2) is 6.90. The number of nitrogens with one attached hydrogen (secondary N) is 1. The molecule has 1 aliphatic heterocycles. The number of hydrogen-bond donors (Lipinski definition) is 1. The lowest BCUT2D eigenvalue weighted by Gasteiger charge is -2.27. The molecule has 4 nitrogen and oxygen atoms in total. The van der Waals surface area contributed by atoms with Crippen molar-refractivity contribution in [2.24, 2.45) is 0 Å². The van der Waals surface area contributed by atoms with E-state index in [9.17, 15) is 8.42 Å². The van der Waals surface area contributed by atoms with Gasteiger partial charge in [0.25, 0.3) is 0 Å². The zero-order chi connectivity index (χ0) is 15.5. The van der Waals surface area contributed by atoms with E-state index >= 15 is 0 Å². The molecule has 0 aromatic heterocycles. The van der Waals surface area contributed by atoms with Crippen molar-refractivity contribution >= 4 is 10.0 Å². The minimum absolute atomic E-state index is 0.0812. The summed E-state index contributed by atoms with van der Waals surface area (Å²) in [7, 11) is -3.41. The highest BCUT2D eigenvalue weighted by molar-refractivity contribution is 7.89. The van der Waals surface area contributed by atoms with Gasteiger partial charge in [0.15, 0.2) is 0 Å². The first-order valence-corrected chi connectivity index (χ1v) is 9.23. The molecule has 0 bridgehead atoms. The van der Waals surface area contributed by atoms with Crippen molar-refractivity contribution in [1.82, 2.24) is 9.62 Å². The standard InChI is InChI=1S/C16H26N2O2S/c1-4-10-18(15-8-9-17-12-15)21(19,20)16-7-5-6-14(11-16)13(2)3/h5-7,11,13,15,17H,4,8-10,12H2,1-3H3. The third-order valence-electron chi connectivity index (χ3n) is 4.02. The molecular formula is C16H26N2O2S. The van der Waals surface area contributed by atoms with Gasteiger partial charge >= 0.3 is 0 Å². The molecule has 1 aromatic rings. The highest BCUT2D eigenvalue weighted by Crippen LogP contribution is 2.24. The summed E-state index contributed by atoms with van der Waals surface area (Å²) >= 11 is 0. The van der Waals surface area contributed by atoms with Crippen LogP contribution < -0.4 is 5.32 Å². The van der Waals surface area contributed by atoms with Crippen LogP contribution in [-0.2, 0) is 10.0 Å². The van der Waals surface area contributed by atoms with E-state index in [4.69, 9.17) is 0 Å². The molecular weight excluding hydrogens is 284 g/mol. The molecule has 1 heterocycles. The van der Waals surface area contributed by atoms with Crippen LogP contribution in [0.2, 0.25) is 0 Å². The molecule has 0 radical (unpaired) electrons. The van der Waals surface area contributed by atoms with Crippen LogP contribution >= 0.6 is 0 Å². The zero-order valence-electron chi connectivity index (χ0n) is 13.2. The predicted octanol–water partition coefficient (Wildman–Crippen LogP) is 2.57. The molecule has 1 N–H and O–H groups in total. The van der Waals surface area contributed by atoms with Gasteiger partial charge in [0.1, 0.15) is 0 Å². The van der Waals surface area contributed by atoms with E-state index in [-0.39, 0.29) is 6.04 Å². The van der Waals surface area contributed by atoms with Crippen LogP contribution in [0.1, 0.15) is 45.1 Å². The van der Waals surface area contributed by atoms with Crippen LogP contribution in [0.5, 0.6) is 0 Å². The second-order valence-electron chi connectivity index (χ2n) is 5.99. The van der Waals surface area contributed by atoms with Gasteiger partial charge in [0.05, 0.1) is 4.90 Å². The molecule has 1 atom stereocenters. The molecule has 0 amide bonds. The van der Waals surface area contributed by atoms with Crippen molar-refractivity contribution in [1.29, 1.82) is 0 Å². The number of nitrogens with zero attached hydrogens (tertiary/aromatic N) is 1.